The number of aliphatic hydroxyl groups excluding tert-OH is 2. The van der Waals surface area contributed by atoms with Crippen LogP contribution in [0.3, 0.4) is 0 Å². The number of nitriles is 1. The maximum atomic E-state index is 14.8. The number of aromatic nitrogens is 4. The molecule has 4 rings (SSSR count). The molecule has 0 spiro atoms. The third-order valence-electron chi connectivity index (χ3n) is 6.09. The first kappa shape index (κ1) is 27.0. The Balaban J connectivity index is 1.46. The molecule has 0 saturated carbocycles. The number of nitrogens with one attached hydrogen (secondary N) is 1. The molecule has 3 atom stereocenters. The summed E-state index contributed by atoms with van der Waals surface area (Å²) in [6.07, 6.45) is 1.38. The highest BCUT2D eigenvalue weighted by atomic mass is 19.1. The molecule has 0 radical (unpaired) electrons. The topological polar surface area (TPSA) is 149 Å². The van der Waals surface area contributed by atoms with Crippen molar-refractivity contribution in [3.8, 4) is 23.2 Å². The number of carbonyl (C=O) groups excluding carboxylic acids is 1. The SMILES string of the molecule is CC(C)(C)n1cc(Nc2ccnc(-c3ccc(O[C@H]4CCN(C(=O)[C@@H](O)CO)C[C@H]4F)c(C#N)c3)n2)cn1. The maximum Gasteiger partial charge on any atom is 0.253 e. The van der Waals surface area contributed by atoms with Gasteiger partial charge >= 0.3 is 0 Å². The van der Waals surface area contributed by atoms with Crippen molar-refractivity contribution < 1.29 is 24.1 Å². The Morgan fingerprint density at radius 3 is 2.82 bits per heavy atom. The normalized spacial score (nSPS) is 18.5. The molecule has 1 fully saturated rings. The van der Waals surface area contributed by atoms with E-state index in [4.69, 9.17) is 9.84 Å². The van der Waals surface area contributed by atoms with Crippen LogP contribution < -0.4 is 10.1 Å². The number of likely N-dealkylation sites (tertiary alicyclic amines) is 1. The van der Waals surface area contributed by atoms with Crippen molar-refractivity contribution in [1.29, 1.82) is 5.26 Å². The molecule has 1 amide bonds. The zero-order valence-corrected chi connectivity index (χ0v) is 21.4. The number of alkyl halides is 1. The number of nitrogens with zero attached hydrogens (tertiary/aromatic N) is 6. The van der Waals surface area contributed by atoms with Gasteiger partial charge in [-0.05, 0) is 45.0 Å². The summed E-state index contributed by atoms with van der Waals surface area (Å²) in [7, 11) is 0. The molecule has 0 unspecified atom stereocenters. The van der Waals surface area contributed by atoms with Crippen LogP contribution in [0.5, 0.6) is 5.75 Å². The van der Waals surface area contributed by atoms with Crippen LogP contribution in [0.1, 0.15) is 32.8 Å². The number of hydrogen-bond donors (Lipinski definition) is 3. The van der Waals surface area contributed by atoms with Gasteiger partial charge in [0.25, 0.3) is 5.91 Å². The lowest BCUT2D eigenvalue weighted by Crippen LogP contribution is -2.52. The van der Waals surface area contributed by atoms with Gasteiger partial charge in [0.2, 0.25) is 0 Å². The third-order valence-corrected chi connectivity index (χ3v) is 6.09. The molecule has 1 aliphatic heterocycles. The second-order valence-electron chi connectivity index (χ2n) is 10.0. The fourth-order valence-electron chi connectivity index (χ4n) is 4.00. The zero-order valence-electron chi connectivity index (χ0n) is 21.4. The van der Waals surface area contributed by atoms with Gasteiger partial charge in [0.1, 0.15) is 23.7 Å². The van der Waals surface area contributed by atoms with Gasteiger partial charge in [-0.1, -0.05) is 0 Å². The second kappa shape index (κ2) is 11.1. The van der Waals surface area contributed by atoms with Gasteiger partial charge in [-0.15, -0.1) is 0 Å². The van der Waals surface area contributed by atoms with Crippen LogP contribution in [0.25, 0.3) is 11.4 Å². The van der Waals surface area contributed by atoms with Crippen molar-refractivity contribution >= 4 is 17.4 Å². The number of ether oxygens (including phenoxy) is 1. The van der Waals surface area contributed by atoms with Gasteiger partial charge in [-0.25, -0.2) is 14.4 Å². The van der Waals surface area contributed by atoms with Crippen molar-refractivity contribution in [2.24, 2.45) is 0 Å². The molecule has 1 aromatic carbocycles. The van der Waals surface area contributed by atoms with Crippen LogP contribution in [-0.4, -0.2) is 78.8 Å². The number of piperidine rings is 1. The Morgan fingerprint density at radius 2 is 2.16 bits per heavy atom. The number of carbonyl (C=O) groups is 1. The Morgan fingerprint density at radius 1 is 1.37 bits per heavy atom. The van der Waals surface area contributed by atoms with Crippen molar-refractivity contribution in [3.05, 3.63) is 48.4 Å². The highest BCUT2D eigenvalue weighted by Gasteiger charge is 2.35. The fraction of sp³-hybridized carbons (Fsp3) is 0.423. The van der Waals surface area contributed by atoms with Crippen LogP contribution in [0.4, 0.5) is 15.9 Å². The van der Waals surface area contributed by atoms with Crippen LogP contribution in [-0.2, 0) is 10.3 Å². The summed E-state index contributed by atoms with van der Waals surface area (Å²) < 4.78 is 22.5. The molecular formula is C26H30FN7O4. The Hall–Kier alpha value is -4.08. The summed E-state index contributed by atoms with van der Waals surface area (Å²) in [5.74, 6) is 0.424. The zero-order chi connectivity index (χ0) is 27.4. The minimum absolute atomic E-state index is 0.156. The van der Waals surface area contributed by atoms with E-state index >= 15 is 0 Å². The summed E-state index contributed by atoms with van der Waals surface area (Å²) in [5.41, 5.74) is 1.38. The molecular weight excluding hydrogens is 493 g/mol. The van der Waals surface area contributed by atoms with Crippen molar-refractivity contribution in [1.82, 2.24) is 24.6 Å². The molecule has 0 bridgehead atoms. The molecule has 0 aliphatic carbocycles. The van der Waals surface area contributed by atoms with E-state index in [9.17, 15) is 19.6 Å². The highest BCUT2D eigenvalue weighted by Crippen LogP contribution is 2.29. The van der Waals surface area contributed by atoms with E-state index in [1.165, 1.54) is 0 Å². The summed E-state index contributed by atoms with van der Waals surface area (Å²) >= 11 is 0. The lowest BCUT2D eigenvalue weighted by atomic mass is 10.0. The van der Waals surface area contributed by atoms with E-state index in [1.54, 1.807) is 36.7 Å². The molecule has 38 heavy (non-hydrogen) atoms. The molecule has 12 heteroatoms. The fourth-order valence-corrected chi connectivity index (χ4v) is 4.00. The number of anilines is 2. The summed E-state index contributed by atoms with van der Waals surface area (Å²) in [4.78, 5) is 22.0. The Kier molecular flexibility index (Phi) is 7.89. The monoisotopic (exact) mass is 523 g/mol. The van der Waals surface area contributed by atoms with E-state index in [0.29, 0.717) is 17.2 Å². The first-order valence-corrected chi connectivity index (χ1v) is 12.2. The number of hydrogen-bond acceptors (Lipinski definition) is 9. The van der Waals surface area contributed by atoms with Gasteiger partial charge in [0.05, 0.1) is 36.1 Å². The quantitative estimate of drug-likeness (QED) is 0.424. The number of halogens is 1. The first-order chi connectivity index (χ1) is 18.1. The molecule has 11 nitrogen and oxygen atoms in total. The van der Waals surface area contributed by atoms with Crippen LogP contribution >= 0.6 is 0 Å². The number of amides is 1. The summed E-state index contributed by atoms with van der Waals surface area (Å²) in [5, 5.41) is 35.8. The maximum absolute atomic E-state index is 14.8. The molecule has 3 N–H and O–H groups in total. The second-order valence-corrected chi connectivity index (χ2v) is 10.0. The van der Waals surface area contributed by atoms with E-state index in [-0.39, 0.29) is 36.4 Å². The first-order valence-electron chi connectivity index (χ1n) is 12.2. The molecule has 200 valence electrons. The average molecular weight is 524 g/mol. The minimum Gasteiger partial charge on any atom is -0.486 e. The molecule has 1 aliphatic rings. The predicted octanol–water partition coefficient (Wildman–Crippen LogP) is 2.38. The predicted molar refractivity (Wildman–Crippen MR) is 136 cm³/mol. The lowest BCUT2D eigenvalue weighted by molar-refractivity contribution is -0.146. The Bertz CT molecular complexity index is 1330. The lowest BCUT2D eigenvalue weighted by Gasteiger charge is -2.35. The molecule has 3 heterocycles. The number of benzene rings is 1. The number of aliphatic hydroxyl groups is 2. The minimum atomic E-state index is -1.57. The Labute approximate surface area is 219 Å². The van der Waals surface area contributed by atoms with Gasteiger partial charge in [0.15, 0.2) is 18.1 Å². The average Bonchev–Trinajstić information content (AvgIpc) is 3.38. The summed E-state index contributed by atoms with van der Waals surface area (Å²) in [6, 6.07) is 8.64. The van der Waals surface area contributed by atoms with Crippen molar-refractivity contribution in [2.75, 3.05) is 25.0 Å². The van der Waals surface area contributed by atoms with Gasteiger partial charge in [-0.2, -0.15) is 10.4 Å². The van der Waals surface area contributed by atoms with Crippen LogP contribution in [0.2, 0.25) is 0 Å². The standard InChI is InChI=1S/C26H30FN7O4/c1-26(2,3)34-13-18(12-30-34)31-23-6-8-29-24(32-23)16-4-5-21(17(10-16)11-28)38-22-7-9-33(14-19(22)27)25(37)20(36)15-35/h4-6,8,10,12-13,19-20,22,35-36H,7,9,14-15H2,1-3H3,(H,29,31,32)/t19-,20+,22+/m1/s1. The highest BCUT2D eigenvalue weighted by molar-refractivity contribution is 5.81. The molecule has 1 saturated heterocycles. The van der Waals surface area contributed by atoms with E-state index < -0.39 is 30.9 Å². The van der Waals surface area contributed by atoms with Gasteiger partial charge in [-0.3, -0.25) is 9.48 Å². The smallest absolute Gasteiger partial charge is 0.253 e. The van der Waals surface area contributed by atoms with Gasteiger partial charge < -0.3 is 25.2 Å². The third kappa shape index (κ3) is 6.07. The molecule has 3 aromatic rings. The van der Waals surface area contributed by atoms with Crippen molar-refractivity contribution in [2.45, 2.75) is 51.1 Å². The van der Waals surface area contributed by atoms with Crippen molar-refractivity contribution in [3.63, 3.8) is 0 Å². The molecule has 2 aromatic heterocycles. The summed E-state index contributed by atoms with van der Waals surface area (Å²) in [6.45, 7) is 5.30. The van der Waals surface area contributed by atoms with Crippen LogP contribution in [0.15, 0.2) is 42.9 Å². The van der Waals surface area contributed by atoms with E-state index in [2.05, 4.69) is 47.2 Å². The largest absolute Gasteiger partial charge is 0.486 e. The van der Waals surface area contributed by atoms with Crippen LogP contribution in [0, 0.1) is 11.3 Å². The van der Waals surface area contributed by atoms with E-state index in [0.717, 1.165) is 10.6 Å². The van der Waals surface area contributed by atoms with E-state index in [1.807, 2.05) is 10.9 Å². The number of rotatable bonds is 7. The van der Waals surface area contributed by atoms with Gasteiger partial charge in [0, 0.05) is 30.9 Å².